The van der Waals surface area contributed by atoms with Gasteiger partial charge in [0.25, 0.3) is 0 Å². The van der Waals surface area contributed by atoms with Crippen molar-refractivity contribution >= 4 is 17.6 Å². The van der Waals surface area contributed by atoms with Crippen molar-refractivity contribution in [3.05, 3.63) is 30.1 Å². The first-order valence-corrected chi connectivity index (χ1v) is 7.16. The number of nitrogens with zero attached hydrogens (tertiary/aromatic N) is 2. The van der Waals surface area contributed by atoms with Crippen molar-refractivity contribution in [2.24, 2.45) is 0 Å². The predicted molar refractivity (Wildman–Crippen MR) is 78.6 cm³/mol. The van der Waals surface area contributed by atoms with Gasteiger partial charge < -0.3 is 15.1 Å². The fraction of sp³-hybridized carbons (Fsp3) is 0.467. The number of nitrogens with one attached hydrogen (secondary N) is 1. The molecule has 1 aromatic carbocycles. The second kappa shape index (κ2) is 6.56. The molecule has 1 N–H and O–H groups in total. The minimum absolute atomic E-state index is 0.106. The summed E-state index contributed by atoms with van der Waals surface area (Å²) < 4.78 is 13.2. The molecule has 5 nitrogen and oxygen atoms in total. The first-order valence-electron chi connectivity index (χ1n) is 7.16. The highest BCUT2D eigenvalue weighted by molar-refractivity contribution is 5.96. The molecule has 6 heteroatoms. The number of carbonyl (C=O) groups is 2. The molecule has 3 amide bonds. The van der Waals surface area contributed by atoms with Gasteiger partial charge in [-0.1, -0.05) is 6.07 Å². The highest BCUT2D eigenvalue weighted by Gasteiger charge is 2.32. The molecule has 0 spiro atoms. The minimum atomic E-state index is -0.379. The maximum Gasteiger partial charge on any atom is 0.317 e. The van der Waals surface area contributed by atoms with E-state index in [1.165, 1.54) is 17.0 Å². The van der Waals surface area contributed by atoms with E-state index in [0.717, 1.165) is 0 Å². The highest BCUT2D eigenvalue weighted by atomic mass is 19.1. The summed E-state index contributed by atoms with van der Waals surface area (Å²) in [5, 5.41) is 2.86. The van der Waals surface area contributed by atoms with E-state index >= 15 is 0 Å². The van der Waals surface area contributed by atoms with Gasteiger partial charge in [0, 0.05) is 31.7 Å². The number of hydrogen-bond donors (Lipinski definition) is 1. The van der Waals surface area contributed by atoms with Crippen LogP contribution < -0.4 is 10.2 Å². The van der Waals surface area contributed by atoms with Gasteiger partial charge in [0.15, 0.2) is 0 Å². The zero-order chi connectivity index (χ0) is 15.4. The third-order valence-electron chi connectivity index (χ3n) is 3.62. The van der Waals surface area contributed by atoms with Gasteiger partial charge in [-0.3, -0.25) is 4.79 Å². The smallest absolute Gasteiger partial charge is 0.317 e. The number of benzene rings is 1. The Kier molecular flexibility index (Phi) is 4.77. The van der Waals surface area contributed by atoms with Crippen LogP contribution in [0, 0.1) is 5.82 Å². The predicted octanol–water partition coefficient (Wildman–Crippen LogP) is 1.98. The van der Waals surface area contributed by atoms with Gasteiger partial charge in [0.05, 0.1) is 6.04 Å². The lowest BCUT2D eigenvalue weighted by molar-refractivity contribution is -0.117. The molecule has 2 rings (SSSR count). The summed E-state index contributed by atoms with van der Waals surface area (Å²) in [6.07, 6.45) is 0.240. The summed E-state index contributed by atoms with van der Waals surface area (Å²) >= 11 is 0. The third kappa shape index (κ3) is 3.51. The van der Waals surface area contributed by atoms with Crippen molar-refractivity contribution in [3.8, 4) is 0 Å². The van der Waals surface area contributed by atoms with Crippen LogP contribution in [0.3, 0.4) is 0 Å². The van der Waals surface area contributed by atoms with Crippen LogP contribution in [0.15, 0.2) is 24.3 Å². The first kappa shape index (κ1) is 15.3. The molecule has 1 atom stereocenters. The van der Waals surface area contributed by atoms with Gasteiger partial charge in [-0.25, -0.2) is 9.18 Å². The van der Waals surface area contributed by atoms with Gasteiger partial charge in [0.1, 0.15) is 5.82 Å². The molecule has 0 aliphatic carbocycles. The van der Waals surface area contributed by atoms with Crippen LogP contribution >= 0.6 is 0 Å². The fourth-order valence-corrected chi connectivity index (χ4v) is 2.47. The number of amides is 3. The van der Waals surface area contributed by atoms with Crippen LogP contribution in [0.4, 0.5) is 14.9 Å². The van der Waals surface area contributed by atoms with Crippen LogP contribution in [0.25, 0.3) is 0 Å². The zero-order valence-corrected chi connectivity index (χ0v) is 12.3. The first-order chi connectivity index (χ1) is 10.0. The van der Waals surface area contributed by atoms with E-state index < -0.39 is 0 Å². The molecule has 1 aromatic rings. The van der Waals surface area contributed by atoms with Crippen molar-refractivity contribution in [2.75, 3.05) is 24.5 Å². The monoisotopic (exact) mass is 293 g/mol. The molecule has 1 unspecified atom stereocenters. The largest absolute Gasteiger partial charge is 0.333 e. The molecule has 1 heterocycles. The van der Waals surface area contributed by atoms with E-state index in [0.29, 0.717) is 25.3 Å². The zero-order valence-electron chi connectivity index (χ0n) is 12.3. The molecule has 21 heavy (non-hydrogen) atoms. The minimum Gasteiger partial charge on any atom is -0.333 e. The maximum atomic E-state index is 13.2. The van der Waals surface area contributed by atoms with Crippen LogP contribution in [-0.2, 0) is 4.79 Å². The Labute approximate surface area is 123 Å². The van der Waals surface area contributed by atoms with E-state index in [1.54, 1.807) is 17.0 Å². The highest BCUT2D eigenvalue weighted by Crippen LogP contribution is 2.22. The Morgan fingerprint density at radius 1 is 1.43 bits per heavy atom. The van der Waals surface area contributed by atoms with Gasteiger partial charge in [-0.15, -0.1) is 0 Å². The Morgan fingerprint density at radius 3 is 2.76 bits per heavy atom. The summed E-state index contributed by atoms with van der Waals surface area (Å²) in [5.41, 5.74) is 0.527. The number of urea groups is 1. The van der Waals surface area contributed by atoms with E-state index in [-0.39, 0.29) is 30.2 Å². The second-order valence-corrected chi connectivity index (χ2v) is 5.01. The summed E-state index contributed by atoms with van der Waals surface area (Å²) in [5.74, 6) is -0.485. The Balaban J connectivity index is 2.01. The fourth-order valence-electron chi connectivity index (χ4n) is 2.47. The molecule has 0 bridgehead atoms. The van der Waals surface area contributed by atoms with Crippen molar-refractivity contribution in [3.63, 3.8) is 0 Å². The van der Waals surface area contributed by atoms with E-state index in [2.05, 4.69) is 5.32 Å². The molecule has 0 saturated carbocycles. The molecule has 0 radical (unpaired) electrons. The molecule has 1 saturated heterocycles. The van der Waals surface area contributed by atoms with Crippen molar-refractivity contribution in [2.45, 2.75) is 26.3 Å². The Hall–Kier alpha value is -2.11. The number of anilines is 1. The van der Waals surface area contributed by atoms with Crippen LogP contribution in [0.1, 0.15) is 20.3 Å². The molecular formula is C15H20FN3O2. The van der Waals surface area contributed by atoms with Crippen LogP contribution in [0.5, 0.6) is 0 Å². The summed E-state index contributed by atoms with van der Waals surface area (Å²) in [6.45, 7) is 5.42. The average molecular weight is 293 g/mol. The summed E-state index contributed by atoms with van der Waals surface area (Å²) in [6, 6.07) is 5.51. The number of halogens is 1. The lowest BCUT2D eigenvalue weighted by Crippen LogP contribution is -2.45. The summed E-state index contributed by atoms with van der Waals surface area (Å²) in [4.78, 5) is 27.2. The second-order valence-electron chi connectivity index (χ2n) is 5.01. The van der Waals surface area contributed by atoms with E-state index in [1.807, 2.05) is 13.8 Å². The quantitative estimate of drug-likeness (QED) is 0.923. The van der Waals surface area contributed by atoms with Crippen LogP contribution in [0.2, 0.25) is 0 Å². The van der Waals surface area contributed by atoms with Crippen LogP contribution in [-0.4, -0.2) is 42.5 Å². The average Bonchev–Trinajstić information content (AvgIpc) is 2.81. The standard InChI is InChI=1S/C15H20FN3O2/c1-3-18(4-2)15(21)17-12-9-14(20)19(10-12)13-7-5-6-11(16)8-13/h5-8,12H,3-4,9-10H2,1-2H3,(H,17,21). The lowest BCUT2D eigenvalue weighted by atomic mass is 10.2. The van der Waals surface area contributed by atoms with Gasteiger partial charge in [-0.05, 0) is 32.0 Å². The normalized spacial score (nSPS) is 18.0. The maximum absolute atomic E-state index is 13.2. The topological polar surface area (TPSA) is 52.7 Å². The molecule has 0 aromatic heterocycles. The third-order valence-corrected chi connectivity index (χ3v) is 3.62. The van der Waals surface area contributed by atoms with Gasteiger partial charge in [-0.2, -0.15) is 0 Å². The van der Waals surface area contributed by atoms with E-state index in [9.17, 15) is 14.0 Å². The molecule has 1 aliphatic rings. The molecule has 1 fully saturated rings. The van der Waals surface area contributed by atoms with Gasteiger partial charge >= 0.3 is 6.03 Å². The Morgan fingerprint density at radius 2 is 2.14 bits per heavy atom. The lowest BCUT2D eigenvalue weighted by Gasteiger charge is -2.22. The number of rotatable bonds is 4. The Bertz CT molecular complexity index is 531. The molecule has 1 aliphatic heterocycles. The SMILES string of the molecule is CCN(CC)C(=O)NC1CC(=O)N(c2cccc(F)c2)C1. The van der Waals surface area contributed by atoms with E-state index in [4.69, 9.17) is 0 Å². The number of carbonyl (C=O) groups excluding carboxylic acids is 2. The van der Waals surface area contributed by atoms with Crippen molar-refractivity contribution < 1.29 is 14.0 Å². The summed E-state index contributed by atoms with van der Waals surface area (Å²) in [7, 11) is 0. The van der Waals surface area contributed by atoms with Crippen molar-refractivity contribution in [1.29, 1.82) is 0 Å². The van der Waals surface area contributed by atoms with Crippen molar-refractivity contribution in [1.82, 2.24) is 10.2 Å². The number of hydrogen-bond acceptors (Lipinski definition) is 2. The molecule has 114 valence electrons. The van der Waals surface area contributed by atoms with Gasteiger partial charge in [0.2, 0.25) is 5.91 Å². The molecular weight excluding hydrogens is 273 g/mol.